The van der Waals surface area contributed by atoms with Gasteiger partial charge in [-0.3, -0.25) is 0 Å². The standard InChI is InChI=1S/C12H9FN4/c13-10-4-2-1-3-9(10)11-5-12-15-6-8(14)7-17(12)16-11/h1-7H,14H2. The number of halogens is 1. The van der Waals surface area contributed by atoms with Gasteiger partial charge >= 0.3 is 0 Å². The minimum Gasteiger partial charge on any atom is -0.396 e. The third-order valence-corrected chi connectivity index (χ3v) is 2.48. The predicted molar refractivity (Wildman–Crippen MR) is 62.8 cm³/mol. The Balaban J connectivity index is 2.22. The second-order valence-corrected chi connectivity index (χ2v) is 3.70. The summed E-state index contributed by atoms with van der Waals surface area (Å²) in [5.41, 5.74) is 7.75. The van der Waals surface area contributed by atoms with Gasteiger partial charge in [0.2, 0.25) is 0 Å². The molecule has 0 bridgehead atoms. The molecule has 0 aliphatic heterocycles. The summed E-state index contributed by atoms with van der Waals surface area (Å²) >= 11 is 0. The van der Waals surface area contributed by atoms with Crippen LogP contribution in [-0.2, 0) is 0 Å². The Morgan fingerprint density at radius 1 is 1.24 bits per heavy atom. The normalized spacial score (nSPS) is 10.9. The molecule has 4 nitrogen and oxygen atoms in total. The Labute approximate surface area is 96.5 Å². The van der Waals surface area contributed by atoms with E-state index in [0.29, 0.717) is 22.6 Å². The summed E-state index contributed by atoms with van der Waals surface area (Å²) in [6.45, 7) is 0. The number of anilines is 1. The first-order valence-corrected chi connectivity index (χ1v) is 5.10. The summed E-state index contributed by atoms with van der Waals surface area (Å²) in [6, 6.07) is 8.22. The van der Waals surface area contributed by atoms with Crippen LogP contribution >= 0.6 is 0 Å². The first kappa shape index (κ1) is 9.77. The van der Waals surface area contributed by atoms with Gasteiger partial charge in [-0.15, -0.1) is 0 Å². The summed E-state index contributed by atoms with van der Waals surface area (Å²) in [4.78, 5) is 4.11. The molecule has 3 aromatic rings. The third kappa shape index (κ3) is 1.61. The van der Waals surface area contributed by atoms with Gasteiger partial charge in [0.05, 0.1) is 23.8 Å². The maximum absolute atomic E-state index is 13.6. The van der Waals surface area contributed by atoms with Crippen LogP contribution in [0.15, 0.2) is 42.7 Å². The maximum Gasteiger partial charge on any atom is 0.155 e. The Morgan fingerprint density at radius 2 is 2.06 bits per heavy atom. The summed E-state index contributed by atoms with van der Waals surface area (Å²) < 4.78 is 15.1. The molecule has 1 aromatic carbocycles. The van der Waals surface area contributed by atoms with Crippen LogP contribution in [0, 0.1) is 5.82 Å². The van der Waals surface area contributed by atoms with Crippen LogP contribution in [0.2, 0.25) is 0 Å². The minimum atomic E-state index is -0.302. The fourth-order valence-corrected chi connectivity index (χ4v) is 1.69. The minimum absolute atomic E-state index is 0.302. The number of hydrogen-bond donors (Lipinski definition) is 1. The highest BCUT2D eigenvalue weighted by Gasteiger charge is 2.09. The summed E-state index contributed by atoms with van der Waals surface area (Å²) in [5, 5.41) is 4.24. The molecule has 0 aliphatic rings. The van der Waals surface area contributed by atoms with Gasteiger partial charge in [0.25, 0.3) is 0 Å². The number of fused-ring (bicyclic) bond motifs is 1. The molecular weight excluding hydrogens is 219 g/mol. The van der Waals surface area contributed by atoms with E-state index in [1.54, 1.807) is 36.7 Å². The fraction of sp³-hybridized carbons (Fsp3) is 0. The quantitative estimate of drug-likeness (QED) is 0.694. The zero-order valence-corrected chi connectivity index (χ0v) is 8.84. The van der Waals surface area contributed by atoms with E-state index in [4.69, 9.17) is 5.73 Å². The fourth-order valence-electron chi connectivity index (χ4n) is 1.69. The average molecular weight is 228 g/mol. The molecule has 84 valence electrons. The molecule has 2 heterocycles. The van der Waals surface area contributed by atoms with Crippen molar-refractivity contribution in [3.8, 4) is 11.3 Å². The van der Waals surface area contributed by atoms with Crippen molar-refractivity contribution in [3.05, 3.63) is 48.5 Å². The number of nitrogen functional groups attached to an aromatic ring is 1. The monoisotopic (exact) mass is 228 g/mol. The SMILES string of the molecule is Nc1cnc2cc(-c3ccccc3F)nn2c1. The number of nitrogens with zero attached hydrogens (tertiary/aromatic N) is 3. The van der Waals surface area contributed by atoms with E-state index in [1.807, 2.05) is 0 Å². The number of rotatable bonds is 1. The van der Waals surface area contributed by atoms with Crippen LogP contribution in [0.4, 0.5) is 10.1 Å². The number of aromatic nitrogens is 3. The topological polar surface area (TPSA) is 56.2 Å². The summed E-state index contributed by atoms with van der Waals surface area (Å²) in [5.74, 6) is -0.302. The van der Waals surface area contributed by atoms with E-state index < -0.39 is 0 Å². The molecule has 0 radical (unpaired) electrons. The van der Waals surface area contributed by atoms with Gasteiger partial charge in [0, 0.05) is 11.6 Å². The van der Waals surface area contributed by atoms with E-state index in [0.717, 1.165) is 0 Å². The van der Waals surface area contributed by atoms with Crippen molar-refractivity contribution < 1.29 is 4.39 Å². The molecule has 0 spiro atoms. The number of benzene rings is 1. The highest BCUT2D eigenvalue weighted by atomic mass is 19.1. The average Bonchev–Trinajstić information content (AvgIpc) is 2.72. The molecule has 2 aromatic heterocycles. The van der Waals surface area contributed by atoms with Crippen LogP contribution in [0.5, 0.6) is 0 Å². The van der Waals surface area contributed by atoms with Gasteiger partial charge in [-0.1, -0.05) is 12.1 Å². The molecule has 0 saturated heterocycles. The lowest BCUT2D eigenvalue weighted by Gasteiger charge is -1.96. The smallest absolute Gasteiger partial charge is 0.155 e. The Morgan fingerprint density at radius 3 is 2.88 bits per heavy atom. The number of nitrogens with two attached hydrogens (primary N) is 1. The van der Waals surface area contributed by atoms with Crippen LogP contribution < -0.4 is 5.73 Å². The van der Waals surface area contributed by atoms with Gasteiger partial charge in [-0.2, -0.15) is 5.10 Å². The highest BCUT2D eigenvalue weighted by molar-refractivity contribution is 5.64. The Bertz CT molecular complexity index is 690. The molecule has 0 amide bonds. The first-order chi connectivity index (χ1) is 8.24. The molecule has 3 rings (SSSR count). The van der Waals surface area contributed by atoms with Crippen molar-refractivity contribution in [2.45, 2.75) is 0 Å². The van der Waals surface area contributed by atoms with Crippen molar-refractivity contribution in [1.82, 2.24) is 14.6 Å². The molecule has 0 fully saturated rings. The van der Waals surface area contributed by atoms with E-state index in [1.165, 1.54) is 10.6 Å². The van der Waals surface area contributed by atoms with Gasteiger partial charge in [0.15, 0.2) is 5.65 Å². The van der Waals surface area contributed by atoms with Gasteiger partial charge < -0.3 is 5.73 Å². The van der Waals surface area contributed by atoms with Crippen LogP contribution in [-0.4, -0.2) is 14.6 Å². The molecule has 2 N–H and O–H groups in total. The lowest BCUT2D eigenvalue weighted by atomic mass is 10.1. The van der Waals surface area contributed by atoms with Crippen molar-refractivity contribution in [1.29, 1.82) is 0 Å². The molecular formula is C12H9FN4. The van der Waals surface area contributed by atoms with Crippen molar-refractivity contribution in [2.24, 2.45) is 0 Å². The van der Waals surface area contributed by atoms with Crippen LogP contribution in [0.1, 0.15) is 0 Å². The third-order valence-electron chi connectivity index (χ3n) is 2.48. The second kappa shape index (κ2) is 3.55. The van der Waals surface area contributed by atoms with Gasteiger partial charge in [0.1, 0.15) is 5.82 Å². The molecule has 0 atom stereocenters. The zero-order valence-electron chi connectivity index (χ0n) is 8.84. The largest absolute Gasteiger partial charge is 0.396 e. The molecule has 17 heavy (non-hydrogen) atoms. The molecule has 0 saturated carbocycles. The Hall–Kier alpha value is -2.43. The highest BCUT2D eigenvalue weighted by Crippen LogP contribution is 2.22. The first-order valence-electron chi connectivity index (χ1n) is 5.10. The lowest BCUT2D eigenvalue weighted by molar-refractivity contribution is 0.630. The Kier molecular flexibility index (Phi) is 2.04. The van der Waals surface area contributed by atoms with E-state index in [2.05, 4.69) is 10.1 Å². The molecule has 0 unspecified atom stereocenters. The van der Waals surface area contributed by atoms with Crippen molar-refractivity contribution in [3.63, 3.8) is 0 Å². The zero-order chi connectivity index (χ0) is 11.8. The van der Waals surface area contributed by atoms with E-state index >= 15 is 0 Å². The van der Waals surface area contributed by atoms with E-state index in [9.17, 15) is 4.39 Å². The predicted octanol–water partition coefficient (Wildman–Crippen LogP) is 2.12. The summed E-state index contributed by atoms with van der Waals surface area (Å²) in [6.07, 6.45) is 3.19. The van der Waals surface area contributed by atoms with Gasteiger partial charge in [-0.25, -0.2) is 13.9 Å². The van der Waals surface area contributed by atoms with E-state index in [-0.39, 0.29) is 5.82 Å². The maximum atomic E-state index is 13.6. The molecule has 0 aliphatic carbocycles. The van der Waals surface area contributed by atoms with Crippen molar-refractivity contribution in [2.75, 3.05) is 5.73 Å². The van der Waals surface area contributed by atoms with Crippen molar-refractivity contribution >= 4 is 11.3 Å². The van der Waals surface area contributed by atoms with Gasteiger partial charge in [-0.05, 0) is 12.1 Å². The lowest BCUT2D eigenvalue weighted by Crippen LogP contribution is -1.94. The number of hydrogen-bond acceptors (Lipinski definition) is 3. The second-order valence-electron chi connectivity index (χ2n) is 3.70. The van der Waals surface area contributed by atoms with Crippen LogP contribution in [0.25, 0.3) is 16.9 Å². The van der Waals surface area contributed by atoms with Crippen LogP contribution in [0.3, 0.4) is 0 Å². The molecule has 5 heteroatoms. The summed E-state index contributed by atoms with van der Waals surface area (Å²) in [7, 11) is 0.